The fourth-order valence-electron chi connectivity index (χ4n) is 4.27. The minimum absolute atomic E-state index is 0.105. The van der Waals surface area contributed by atoms with Gasteiger partial charge in [-0.1, -0.05) is 12.1 Å². The lowest BCUT2D eigenvalue weighted by atomic mass is 9.72. The lowest BCUT2D eigenvalue weighted by molar-refractivity contribution is -0.116. The Labute approximate surface area is 169 Å². The summed E-state index contributed by atoms with van der Waals surface area (Å²) in [5.74, 6) is -0.310. The van der Waals surface area contributed by atoms with Gasteiger partial charge in [0.15, 0.2) is 0 Å². The number of amides is 2. The zero-order chi connectivity index (χ0) is 20.6. The molecular weight excluding hydrogens is 373 g/mol. The second kappa shape index (κ2) is 7.59. The van der Waals surface area contributed by atoms with Gasteiger partial charge in [0.1, 0.15) is 5.82 Å². The molecule has 2 aromatic rings. The third kappa shape index (κ3) is 4.03. The normalized spacial score (nSPS) is 18.5. The fraction of sp³-hybridized carbons (Fsp3) is 0.476. The number of halogens is 1. The maximum absolute atomic E-state index is 13.0. The molecular formula is C21H26FN5O2. The molecule has 2 fully saturated rings. The molecule has 0 saturated carbocycles. The number of hydrogen-bond donors (Lipinski definition) is 0. The molecule has 29 heavy (non-hydrogen) atoms. The molecule has 0 aliphatic carbocycles. The van der Waals surface area contributed by atoms with Crippen molar-refractivity contribution in [3.05, 3.63) is 48.0 Å². The molecule has 8 heteroatoms. The molecule has 0 unspecified atom stereocenters. The molecule has 4 rings (SSSR count). The third-order valence-corrected chi connectivity index (χ3v) is 6.16. The van der Waals surface area contributed by atoms with Crippen LogP contribution in [0.3, 0.4) is 0 Å². The molecule has 1 spiro atoms. The van der Waals surface area contributed by atoms with Crippen LogP contribution in [0.1, 0.15) is 25.3 Å². The van der Waals surface area contributed by atoms with Gasteiger partial charge in [-0.25, -0.2) is 9.18 Å². The molecule has 0 radical (unpaired) electrons. The Morgan fingerprint density at radius 3 is 2.45 bits per heavy atom. The Bertz CT molecular complexity index is 894. The predicted molar refractivity (Wildman–Crippen MR) is 107 cm³/mol. The van der Waals surface area contributed by atoms with Crippen LogP contribution in [-0.2, 0) is 11.3 Å². The van der Waals surface area contributed by atoms with Gasteiger partial charge in [-0.3, -0.25) is 9.69 Å². The van der Waals surface area contributed by atoms with E-state index in [4.69, 9.17) is 0 Å². The topological polar surface area (TPSA) is 61.7 Å². The van der Waals surface area contributed by atoms with Gasteiger partial charge >= 0.3 is 6.03 Å². The number of rotatable bonds is 3. The summed E-state index contributed by atoms with van der Waals surface area (Å²) >= 11 is 0. The summed E-state index contributed by atoms with van der Waals surface area (Å²) in [6, 6.07) is 6.53. The third-order valence-electron chi connectivity index (χ3n) is 6.16. The second-order valence-electron chi connectivity index (χ2n) is 8.26. The van der Waals surface area contributed by atoms with Crippen molar-refractivity contribution in [2.45, 2.75) is 26.3 Å². The Balaban J connectivity index is 1.28. The number of aromatic nitrogens is 2. The van der Waals surface area contributed by atoms with Crippen molar-refractivity contribution < 1.29 is 14.0 Å². The highest BCUT2D eigenvalue weighted by Crippen LogP contribution is 2.41. The molecule has 3 heterocycles. The highest BCUT2D eigenvalue weighted by molar-refractivity contribution is 5.91. The first-order valence-corrected chi connectivity index (χ1v) is 9.90. The lowest BCUT2D eigenvalue weighted by Crippen LogP contribution is -2.60. The van der Waals surface area contributed by atoms with Crippen LogP contribution < -0.4 is 4.90 Å². The van der Waals surface area contributed by atoms with Gasteiger partial charge in [0.05, 0.1) is 18.1 Å². The quantitative estimate of drug-likeness (QED) is 0.796. The molecule has 7 nitrogen and oxygen atoms in total. The van der Waals surface area contributed by atoms with Crippen LogP contribution >= 0.6 is 0 Å². The number of piperidine rings is 1. The average Bonchev–Trinajstić information content (AvgIpc) is 3.18. The first-order valence-electron chi connectivity index (χ1n) is 9.90. The van der Waals surface area contributed by atoms with Gasteiger partial charge in [-0.05, 0) is 36.0 Å². The van der Waals surface area contributed by atoms with Crippen molar-refractivity contribution >= 4 is 17.6 Å². The van der Waals surface area contributed by atoms with Crippen molar-refractivity contribution in [3.63, 3.8) is 0 Å². The molecule has 154 valence electrons. The summed E-state index contributed by atoms with van der Waals surface area (Å²) in [7, 11) is 1.66. The fourth-order valence-corrected chi connectivity index (χ4v) is 4.27. The molecule has 2 saturated heterocycles. The first-order chi connectivity index (χ1) is 13.8. The summed E-state index contributed by atoms with van der Waals surface area (Å²) in [4.78, 5) is 29.9. The zero-order valence-corrected chi connectivity index (χ0v) is 16.8. The molecule has 2 amide bonds. The van der Waals surface area contributed by atoms with E-state index in [1.807, 2.05) is 17.0 Å². The number of likely N-dealkylation sites (tertiary alicyclic amines) is 2. The van der Waals surface area contributed by atoms with Gasteiger partial charge in [0, 0.05) is 46.7 Å². The van der Waals surface area contributed by atoms with E-state index in [1.165, 1.54) is 34.8 Å². The van der Waals surface area contributed by atoms with Crippen LogP contribution in [0.25, 0.3) is 0 Å². The summed E-state index contributed by atoms with van der Waals surface area (Å²) in [5, 5.41) is 4.13. The molecule has 1 aromatic carbocycles. The van der Waals surface area contributed by atoms with Gasteiger partial charge in [-0.15, -0.1) is 0 Å². The van der Waals surface area contributed by atoms with Crippen LogP contribution in [0.5, 0.6) is 0 Å². The van der Waals surface area contributed by atoms with Crippen LogP contribution in [-0.4, -0.2) is 64.7 Å². The minimum Gasteiger partial charge on any atom is -0.323 e. The SMILES string of the molecule is CC(=O)N(C)c1cnn(C(=O)N2CCC3(CC2)CN(Cc2ccc(F)cc2)C3)c1. The summed E-state index contributed by atoms with van der Waals surface area (Å²) < 4.78 is 14.4. The Kier molecular flexibility index (Phi) is 5.12. The number of hydrogen-bond acceptors (Lipinski definition) is 4. The molecule has 0 N–H and O–H groups in total. The van der Waals surface area contributed by atoms with Crippen LogP contribution in [0.2, 0.25) is 0 Å². The van der Waals surface area contributed by atoms with E-state index in [-0.39, 0.29) is 23.2 Å². The highest BCUT2D eigenvalue weighted by atomic mass is 19.1. The van der Waals surface area contributed by atoms with E-state index in [1.54, 1.807) is 13.2 Å². The van der Waals surface area contributed by atoms with Crippen molar-refractivity contribution in [1.29, 1.82) is 0 Å². The standard InChI is InChI=1S/C21H26FN5O2/c1-16(28)24(2)19-11-23-27(13-19)20(29)26-9-7-21(8-10-26)14-25(15-21)12-17-3-5-18(22)6-4-17/h3-6,11,13H,7-10,12,14-15H2,1-2H3. The first kappa shape index (κ1) is 19.6. The smallest absolute Gasteiger partial charge is 0.323 e. The summed E-state index contributed by atoms with van der Waals surface area (Å²) in [5.41, 5.74) is 2.01. The number of anilines is 1. The largest absolute Gasteiger partial charge is 0.344 e. The molecule has 2 aliphatic heterocycles. The number of carbonyl (C=O) groups excluding carboxylic acids is 2. The van der Waals surface area contributed by atoms with Crippen molar-refractivity contribution in [1.82, 2.24) is 19.6 Å². The minimum atomic E-state index is -0.205. The average molecular weight is 399 g/mol. The molecule has 2 aliphatic rings. The zero-order valence-electron chi connectivity index (χ0n) is 16.8. The van der Waals surface area contributed by atoms with Crippen LogP contribution in [0.4, 0.5) is 14.9 Å². The Morgan fingerprint density at radius 1 is 1.17 bits per heavy atom. The molecule has 0 bridgehead atoms. The Hall–Kier alpha value is -2.74. The monoisotopic (exact) mass is 399 g/mol. The van der Waals surface area contributed by atoms with E-state index in [9.17, 15) is 14.0 Å². The van der Waals surface area contributed by atoms with Gasteiger partial charge < -0.3 is 9.80 Å². The van der Waals surface area contributed by atoms with Gasteiger partial charge in [0.25, 0.3) is 0 Å². The van der Waals surface area contributed by atoms with E-state index >= 15 is 0 Å². The highest BCUT2D eigenvalue weighted by Gasteiger charge is 2.45. The predicted octanol–water partition coefficient (Wildman–Crippen LogP) is 2.57. The number of carbonyl (C=O) groups is 2. The summed E-state index contributed by atoms with van der Waals surface area (Å²) in [6.45, 7) is 5.76. The molecule has 0 atom stereocenters. The van der Waals surface area contributed by atoms with Crippen molar-refractivity contribution in [2.75, 3.05) is 38.1 Å². The maximum Gasteiger partial charge on any atom is 0.344 e. The van der Waals surface area contributed by atoms with E-state index < -0.39 is 0 Å². The number of benzene rings is 1. The van der Waals surface area contributed by atoms with Crippen LogP contribution in [0.15, 0.2) is 36.7 Å². The van der Waals surface area contributed by atoms with E-state index in [0.29, 0.717) is 18.8 Å². The summed E-state index contributed by atoms with van der Waals surface area (Å²) in [6.07, 6.45) is 5.08. The van der Waals surface area contributed by atoms with Gasteiger partial charge in [-0.2, -0.15) is 9.78 Å². The van der Waals surface area contributed by atoms with E-state index in [2.05, 4.69) is 10.00 Å². The van der Waals surface area contributed by atoms with Crippen molar-refractivity contribution in [3.8, 4) is 0 Å². The lowest BCUT2D eigenvalue weighted by Gasteiger charge is -2.54. The van der Waals surface area contributed by atoms with E-state index in [0.717, 1.165) is 38.0 Å². The molecule has 1 aromatic heterocycles. The maximum atomic E-state index is 13.0. The number of nitrogens with zero attached hydrogens (tertiary/aromatic N) is 5. The van der Waals surface area contributed by atoms with Gasteiger partial charge in [0.2, 0.25) is 5.91 Å². The van der Waals surface area contributed by atoms with Crippen molar-refractivity contribution in [2.24, 2.45) is 5.41 Å². The Morgan fingerprint density at radius 2 is 1.83 bits per heavy atom. The second-order valence-corrected chi connectivity index (χ2v) is 8.26. The van der Waals surface area contributed by atoms with Crippen LogP contribution in [0, 0.1) is 11.2 Å².